The molecule has 0 fully saturated rings. The average molecular weight is 210 g/mol. The van der Waals surface area contributed by atoms with E-state index in [9.17, 15) is 9.59 Å². The summed E-state index contributed by atoms with van der Waals surface area (Å²) in [5, 5.41) is 17.2. The molecule has 0 aromatic heterocycles. The number of methoxy groups -OCH3 is 1. The summed E-state index contributed by atoms with van der Waals surface area (Å²) >= 11 is 0. The molecule has 0 saturated carbocycles. The third-order valence-corrected chi connectivity index (χ3v) is 1.83. The lowest BCUT2D eigenvalue weighted by molar-refractivity contribution is -0.0195. The molecule has 5 heteroatoms. The summed E-state index contributed by atoms with van der Waals surface area (Å²) in [4.78, 5) is 22.1. The molecule has 0 atom stereocenters. The van der Waals surface area contributed by atoms with Crippen LogP contribution in [0.4, 0.5) is 0 Å². The van der Waals surface area contributed by atoms with E-state index < -0.39 is 18.0 Å². The fourth-order valence-electron chi connectivity index (χ4n) is 1.04. The molecule has 0 aliphatic rings. The molecule has 0 bridgehead atoms. The van der Waals surface area contributed by atoms with Gasteiger partial charge < -0.3 is 14.9 Å². The van der Waals surface area contributed by atoms with Crippen LogP contribution in [0.15, 0.2) is 24.3 Å². The number of hydrogen-bond acceptors (Lipinski definition) is 5. The number of rotatable bonds is 3. The number of hydrogen-bond donors (Lipinski definition) is 2. The highest BCUT2D eigenvalue weighted by molar-refractivity contribution is 5.99. The molecule has 0 saturated heterocycles. The third-order valence-electron chi connectivity index (χ3n) is 1.83. The Labute approximate surface area is 85.9 Å². The highest BCUT2D eigenvalue weighted by Gasteiger charge is 2.14. The van der Waals surface area contributed by atoms with Gasteiger partial charge in [-0.2, -0.15) is 0 Å². The van der Waals surface area contributed by atoms with E-state index in [1.807, 2.05) is 0 Å². The van der Waals surface area contributed by atoms with Crippen LogP contribution >= 0.6 is 0 Å². The van der Waals surface area contributed by atoms with E-state index in [1.165, 1.54) is 31.4 Å². The van der Waals surface area contributed by atoms with Crippen LogP contribution in [0.3, 0.4) is 0 Å². The molecular weight excluding hydrogens is 200 g/mol. The van der Waals surface area contributed by atoms with Gasteiger partial charge in [0.2, 0.25) is 12.1 Å². The molecule has 0 spiro atoms. The molecular formula is C10H10O5. The Morgan fingerprint density at radius 3 is 2.00 bits per heavy atom. The summed E-state index contributed by atoms with van der Waals surface area (Å²) in [6.45, 7) is 0. The largest absolute Gasteiger partial charge is 0.465 e. The van der Waals surface area contributed by atoms with Gasteiger partial charge in [-0.25, -0.2) is 4.79 Å². The maximum atomic E-state index is 11.1. The fourth-order valence-corrected chi connectivity index (χ4v) is 1.04. The summed E-state index contributed by atoms with van der Waals surface area (Å²) in [5.74, 6) is -1.33. The second kappa shape index (κ2) is 4.68. The Balaban J connectivity index is 2.90. The molecule has 5 nitrogen and oxygen atoms in total. The Morgan fingerprint density at radius 2 is 1.60 bits per heavy atom. The van der Waals surface area contributed by atoms with Crippen molar-refractivity contribution < 1.29 is 24.5 Å². The minimum Gasteiger partial charge on any atom is -0.465 e. The van der Waals surface area contributed by atoms with Crippen molar-refractivity contribution in [3.8, 4) is 0 Å². The van der Waals surface area contributed by atoms with Crippen LogP contribution in [0.1, 0.15) is 20.7 Å². The van der Waals surface area contributed by atoms with Crippen molar-refractivity contribution >= 4 is 11.8 Å². The van der Waals surface area contributed by atoms with Crippen LogP contribution in [-0.4, -0.2) is 35.4 Å². The molecule has 0 heterocycles. The number of esters is 1. The predicted octanol–water partition coefficient (Wildman–Crippen LogP) is -0.0334. The minimum absolute atomic E-state index is 0.123. The number of aliphatic hydroxyl groups is 2. The summed E-state index contributed by atoms with van der Waals surface area (Å²) in [6.07, 6.45) is -2.03. The maximum Gasteiger partial charge on any atom is 0.337 e. The quantitative estimate of drug-likeness (QED) is 0.415. The molecule has 1 aromatic carbocycles. The lowest BCUT2D eigenvalue weighted by Gasteiger charge is -2.03. The number of carbonyl (C=O) groups excluding carboxylic acids is 2. The van der Waals surface area contributed by atoms with Gasteiger partial charge in [0.05, 0.1) is 12.7 Å². The SMILES string of the molecule is COC(=O)c1ccc(C(=O)C(O)O)cc1. The zero-order valence-corrected chi connectivity index (χ0v) is 8.01. The minimum atomic E-state index is -2.03. The van der Waals surface area contributed by atoms with Crippen LogP contribution in [0.2, 0.25) is 0 Å². The van der Waals surface area contributed by atoms with Crippen LogP contribution in [0.25, 0.3) is 0 Å². The van der Waals surface area contributed by atoms with Gasteiger partial charge in [0.1, 0.15) is 0 Å². The molecule has 0 amide bonds. The van der Waals surface area contributed by atoms with E-state index in [1.54, 1.807) is 0 Å². The number of Topliss-reactive ketones (excluding diaryl/α,β-unsaturated/α-hetero) is 1. The molecule has 2 N–H and O–H groups in total. The van der Waals surface area contributed by atoms with E-state index in [2.05, 4.69) is 4.74 Å². The Bertz CT molecular complexity index is 366. The van der Waals surface area contributed by atoms with E-state index in [-0.39, 0.29) is 5.56 Å². The Kier molecular flexibility index (Phi) is 3.54. The van der Waals surface area contributed by atoms with E-state index >= 15 is 0 Å². The van der Waals surface area contributed by atoms with Crippen molar-refractivity contribution in [2.75, 3.05) is 7.11 Å². The molecule has 0 aliphatic heterocycles. The van der Waals surface area contributed by atoms with Gasteiger partial charge in [-0.15, -0.1) is 0 Å². The Morgan fingerprint density at radius 1 is 1.13 bits per heavy atom. The van der Waals surface area contributed by atoms with Gasteiger partial charge in [0, 0.05) is 5.56 Å². The number of benzene rings is 1. The maximum absolute atomic E-state index is 11.1. The van der Waals surface area contributed by atoms with Gasteiger partial charge in [0.15, 0.2) is 0 Å². The van der Waals surface area contributed by atoms with Crippen molar-refractivity contribution in [3.63, 3.8) is 0 Å². The summed E-state index contributed by atoms with van der Waals surface area (Å²) in [6, 6.07) is 5.41. The van der Waals surface area contributed by atoms with Gasteiger partial charge in [-0.3, -0.25) is 4.79 Å². The second-order valence-corrected chi connectivity index (χ2v) is 2.81. The van der Waals surface area contributed by atoms with E-state index in [4.69, 9.17) is 10.2 Å². The van der Waals surface area contributed by atoms with Gasteiger partial charge >= 0.3 is 5.97 Å². The van der Waals surface area contributed by atoms with E-state index in [0.717, 1.165) is 0 Å². The molecule has 0 unspecified atom stereocenters. The smallest absolute Gasteiger partial charge is 0.337 e. The van der Waals surface area contributed by atoms with Crippen LogP contribution in [0, 0.1) is 0 Å². The van der Waals surface area contributed by atoms with Crippen molar-refractivity contribution in [1.29, 1.82) is 0 Å². The highest BCUT2D eigenvalue weighted by Crippen LogP contribution is 2.07. The van der Waals surface area contributed by atoms with Crippen molar-refractivity contribution in [2.45, 2.75) is 6.29 Å². The van der Waals surface area contributed by atoms with Crippen LogP contribution in [-0.2, 0) is 4.74 Å². The highest BCUT2D eigenvalue weighted by atomic mass is 16.5. The summed E-state index contributed by atoms with van der Waals surface area (Å²) < 4.78 is 4.46. The van der Waals surface area contributed by atoms with Gasteiger partial charge in [-0.1, -0.05) is 12.1 Å². The number of carbonyl (C=O) groups is 2. The number of ether oxygens (including phenoxy) is 1. The zero-order chi connectivity index (χ0) is 11.4. The molecule has 1 aromatic rings. The third kappa shape index (κ3) is 2.61. The lowest BCUT2D eigenvalue weighted by Crippen LogP contribution is -2.19. The monoisotopic (exact) mass is 210 g/mol. The van der Waals surface area contributed by atoms with Crippen molar-refractivity contribution in [2.24, 2.45) is 0 Å². The predicted molar refractivity (Wildman–Crippen MR) is 50.3 cm³/mol. The topological polar surface area (TPSA) is 83.8 Å². The summed E-state index contributed by atoms with van der Waals surface area (Å²) in [7, 11) is 1.25. The lowest BCUT2D eigenvalue weighted by atomic mass is 10.1. The molecule has 0 radical (unpaired) electrons. The summed E-state index contributed by atoms with van der Waals surface area (Å²) in [5.41, 5.74) is 0.416. The normalized spacial score (nSPS) is 10.1. The first-order chi connectivity index (χ1) is 7.06. The standard InChI is InChI=1S/C10H10O5/c1-15-10(14)7-4-2-6(3-5-7)8(11)9(12)13/h2-5,9,12-13H,1H3. The fraction of sp³-hybridized carbons (Fsp3) is 0.200. The second-order valence-electron chi connectivity index (χ2n) is 2.81. The molecule has 80 valence electrons. The average Bonchev–Trinajstić information content (AvgIpc) is 2.27. The van der Waals surface area contributed by atoms with Gasteiger partial charge in [-0.05, 0) is 12.1 Å². The first-order valence-electron chi connectivity index (χ1n) is 4.15. The van der Waals surface area contributed by atoms with Crippen molar-refractivity contribution in [3.05, 3.63) is 35.4 Å². The van der Waals surface area contributed by atoms with Crippen LogP contribution in [0.5, 0.6) is 0 Å². The molecule has 0 aliphatic carbocycles. The first kappa shape index (κ1) is 11.4. The number of ketones is 1. The number of aliphatic hydroxyl groups excluding tert-OH is 1. The van der Waals surface area contributed by atoms with Crippen molar-refractivity contribution in [1.82, 2.24) is 0 Å². The van der Waals surface area contributed by atoms with E-state index in [0.29, 0.717) is 5.56 Å². The van der Waals surface area contributed by atoms with Crippen LogP contribution < -0.4 is 0 Å². The van der Waals surface area contributed by atoms with Gasteiger partial charge in [0.25, 0.3) is 0 Å². The molecule has 15 heavy (non-hydrogen) atoms. The Hall–Kier alpha value is -1.72. The molecule has 1 rings (SSSR count). The zero-order valence-electron chi connectivity index (χ0n) is 8.01. The first-order valence-corrected chi connectivity index (χ1v) is 4.15.